The normalized spacial score (nSPS) is 25.3. The number of aliphatic hydroxyl groups excluding tert-OH is 4. The maximum Gasteiger partial charge on any atom is 0.270 e. The van der Waals surface area contributed by atoms with E-state index in [1.54, 1.807) is 4.68 Å². The summed E-state index contributed by atoms with van der Waals surface area (Å²) in [7, 11) is 0. The number of benzene rings is 1. The first-order chi connectivity index (χ1) is 19.4. The minimum atomic E-state index is -1.36. The second kappa shape index (κ2) is 14.7. The Kier molecular flexibility index (Phi) is 11.1. The average Bonchev–Trinajstić information content (AvgIpc) is 3.49. The van der Waals surface area contributed by atoms with Crippen LogP contribution in [0.15, 0.2) is 35.4 Å². The Balaban J connectivity index is 1.45. The van der Waals surface area contributed by atoms with Gasteiger partial charge in [-0.05, 0) is 18.4 Å². The largest absolute Gasteiger partial charge is 0.395 e. The highest BCUT2D eigenvalue weighted by Crippen LogP contribution is 2.26. The Hall–Kier alpha value is -2.78. The Bertz CT molecular complexity index is 1090. The van der Waals surface area contributed by atoms with Crippen LogP contribution in [-0.2, 0) is 22.5 Å². The number of amides is 1. The molecule has 6 atom stereocenters. The van der Waals surface area contributed by atoms with Crippen LogP contribution in [0.1, 0.15) is 49.2 Å². The van der Waals surface area contributed by atoms with Crippen LogP contribution in [0.4, 0.5) is 0 Å². The number of aromatic nitrogens is 3. The molecule has 2 saturated heterocycles. The minimum Gasteiger partial charge on any atom is -0.395 e. The monoisotopic (exact) mass is 559 g/mol. The topological polar surface area (TPSA) is 178 Å². The quantitative estimate of drug-likeness (QED) is 0.101. The van der Waals surface area contributed by atoms with Crippen molar-refractivity contribution < 1.29 is 30.0 Å². The maximum absolute atomic E-state index is 13.0. The van der Waals surface area contributed by atoms with E-state index in [9.17, 15) is 25.2 Å². The number of carbonyl (C=O) groups is 1. The van der Waals surface area contributed by atoms with Crippen molar-refractivity contribution in [2.24, 2.45) is 5.10 Å². The first-order valence-electron chi connectivity index (χ1n) is 14.0. The molecule has 2 aliphatic rings. The molecule has 2 aromatic rings. The molecule has 0 bridgehead atoms. The van der Waals surface area contributed by atoms with Crippen LogP contribution in [0.5, 0.6) is 0 Å². The molecule has 13 heteroatoms. The molecule has 0 spiro atoms. The third-order valence-corrected chi connectivity index (χ3v) is 7.56. The highest BCUT2D eigenvalue weighted by atomic mass is 16.5. The summed E-state index contributed by atoms with van der Waals surface area (Å²) >= 11 is 0. The van der Waals surface area contributed by atoms with Crippen LogP contribution in [0.25, 0.3) is 0 Å². The van der Waals surface area contributed by atoms with Crippen molar-refractivity contribution in [3.8, 4) is 0 Å². The molecule has 0 radical (unpaired) electrons. The number of hydrogen-bond donors (Lipinski definition) is 6. The highest BCUT2D eigenvalue weighted by molar-refractivity contribution is 5.84. The summed E-state index contributed by atoms with van der Waals surface area (Å²) in [5, 5.41) is 56.7. The molecule has 2 fully saturated rings. The molecule has 0 aliphatic carbocycles. The number of carbonyl (C=O) groups excluding carboxylic acids is 1. The summed E-state index contributed by atoms with van der Waals surface area (Å²) in [6.07, 6.45) is 1.47. The van der Waals surface area contributed by atoms with E-state index in [0.717, 1.165) is 30.5 Å². The van der Waals surface area contributed by atoms with Crippen LogP contribution < -0.4 is 10.7 Å². The highest BCUT2D eigenvalue weighted by Gasteiger charge is 2.41. The SMILES string of the molecule is CCCCCc1c(/C=N/NC(=O)[C@H](O)[C@@H](c2ccccc2)N2CCOCC2)nnn1C[C@H]1N[C@H](CO)[C@@H](O)[C@@H]1O. The smallest absolute Gasteiger partial charge is 0.270 e. The van der Waals surface area contributed by atoms with Gasteiger partial charge in [0.15, 0.2) is 6.10 Å². The van der Waals surface area contributed by atoms with Gasteiger partial charge in [0.1, 0.15) is 5.69 Å². The first-order valence-corrected chi connectivity index (χ1v) is 14.0. The number of hydrazone groups is 1. The van der Waals surface area contributed by atoms with Crippen LogP contribution in [0.3, 0.4) is 0 Å². The van der Waals surface area contributed by atoms with Gasteiger partial charge in [-0.15, -0.1) is 5.10 Å². The van der Waals surface area contributed by atoms with Gasteiger partial charge >= 0.3 is 0 Å². The predicted molar refractivity (Wildman–Crippen MR) is 146 cm³/mol. The summed E-state index contributed by atoms with van der Waals surface area (Å²) in [4.78, 5) is 15.0. The fraction of sp³-hybridized carbons (Fsp3) is 0.630. The number of ether oxygens (including phenoxy) is 1. The third kappa shape index (κ3) is 7.29. The zero-order valence-corrected chi connectivity index (χ0v) is 22.8. The van der Waals surface area contributed by atoms with Gasteiger partial charge in [0.05, 0.1) is 68.6 Å². The molecule has 1 aromatic heterocycles. The van der Waals surface area contributed by atoms with Gasteiger partial charge in [-0.2, -0.15) is 5.10 Å². The van der Waals surface area contributed by atoms with Gasteiger partial charge in [0, 0.05) is 13.1 Å². The van der Waals surface area contributed by atoms with Crippen molar-refractivity contribution in [1.29, 1.82) is 0 Å². The molecule has 1 amide bonds. The van der Waals surface area contributed by atoms with Crippen molar-refractivity contribution >= 4 is 12.1 Å². The molecular weight excluding hydrogens is 518 g/mol. The molecule has 40 heavy (non-hydrogen) atoms. The van der Waals surface area contributed by atoms with Gasteiger partial charge in [0.25, 0.3) is 5.91 Å². The molecule has 6 N–H and O–H groups in total. The molecule has 3 heterocycles. The molecule has 4 rings (SSSR count). The van der Waals surface area contributed by atoms with Gasteiger partial charge < -0.3 is 30.5 Å². The molecule has 220 valence electrons. The third-order valence-electron chi connectivity index (χ3n) is 7.56. The fourth-order valence-electron chi connectivity index (χ4n) is 5.31. The summed E-state index contributed by atoms with van der Waals surface area (Å²) in [5.74, 6) is -0.640. The number of nitrogens with one attached hydrogen (secondary N) is 2. The van der Waals surface area contributed by atoms with E-state index in [4.69, 9.17) is 4.74 Å². The van der Waals surface area contributed by atoms with E-state index in [0.29, 0.717) is 38.4 Å². The summed E-state index contributed by atoms with van der Waals surface area (Å²) in [5.41, 5.74) is 4.52. The second-order valence-electron chi connectivity index (χ2n) is 10.3. The molecule has 1 aromatic carbocycles. The van der Waals surface area contributed by atoms with Gasteiger partial charge in [-0.25, -0.2) is 10.1 Å². The lowest BCUT2D eigenvalue weighted by Crippen LogP contribution is -2.48. The van der Waals surface area contributed by atoms with E-state index in [-0.39, 0.29) is 13.2 Å². The van der Waals surface area contributed by atoms with E-state index < -0.39 is 42.3 Å². The lowest BCUT2D eigenvalue weighted by atomic mass is 9.98. The summed E-state index contributed by atoms with van der Waals surface area (Å²) < 4.78 is 7.11. The summed E-state index contributed by atoms with van der Waals surface area (Å²) in [6.45, 7) is 4.29. The minimum absolute atomic E-state index is 0.237. The van der Waals surface area contributed by atoms with Gasteiger partial charge in [0.2, 0.25) is 0 Å². The van der Waals surface area contributed by atoms with E-state index >= 15 is 0 Å². The Morgan fingerprint density at radius 2 is 1.93 bits per heavy atom. The van der Waals surface area contributed by atoms with E-state index in [1.807, 2.05) is 35.2 Å². The van der Waals surface area contributed by atoms with E-state index in [2.05, 4.69) is 33.1 Å². The van der Waals surface area contributed by atoms with Crippen LogP contribution in [-0.4, -0.2) is 116 Å². The van der Waals surface area contributed by atoms with Crippen LogP contribution >= 0.6 is 0 Å². The number of nitrogens with zero attached hydrogens (tertiary/aromatic N) is 5. The van der Waals surface area contributed by atoms with Crippen LogP contribution in [0, 0.1) is 0 Å². The van der Waals surface area contributed by atoms with Crippen molar-refractivity contribution in [2.45, 2.75) is 75.6 Å². The Morgan fingerprint density at radius 3 is 2.60 bits per heavy atom. The van der Waals surface area contributed by atoms with Crippen molar-refractivity contribution in [2.75, 3.05) is 32.9 Å². The van der Waals surface area contributed by atoms with Crippen molar-refractivity contribution in [3.63, 3.8) is 0 Å². The molecule has 2 aliphatic heterocycles. The standard InChI is InChI=1S/C27H41N7O6/c1-2-3-5-10-22-19(30-32-34(22)16-20-24(36)25(37)21(17-35)29-20)15-28-31-27(39)26(38)23(18-8-6-4-7-9-18)33-11-13-40-14-12-33/h4,6-9,15,20-21,23-26,29,35-38H,2-3,5,10-14,16-17H2,1H3,(H,31,39)/b28-15+/t20-,21-,23-,24-,25-,26-/m1/s1. The average molecular weight is 560 g/mol. The lowest BCUT2D eigenvalue weighted by Gasteiger charge is -2.36. The zero-order chi connectivity index (χ0) is 28.5. The number of morpholine rings is 1. The van der Waals surface area contributed by atoms with Gasteiger partial charge in [-0.3, -0.25) is 9.69 Å². The lowest BCUT2D eigenvalue weighted by molar-refractivity contribution is -0.134. The molecule has 0 saturated carbocycles. The maximum atomic E-state index is 13.0. The van der Waals surface area contributed by atoms with Crippen LogP contribution in [0.2, 0.25) is 0 Å². The number of aliphatic hydroxyl groups is 4. The fourth-order valence-corrected chi connectivity index (χ4v) is 5.31. The van der Waals surface area contributed by atoms with Gasteiger partial charge in [-0.1, -0.05) is 55.3 Å². The van der Waals surface area contributed by atoms with Crippen molar-refractivity contribution in [1.82, 2.24) is 30.6 Å². The molecule has 13 nitrogen and oxygen atoms in total. The Labute approximate surface area is 233 Å². The summed E-state index contributed by atoms with van der Waals surface area (Å²) in [6, 6.07) is 7.73. The first kappa shape index (κ1) is 30.2. The molecular formula is C27H41N7O6. The zero-order valence-electron chi connectivity index (χ0n) is 22.8. The van der Waals surface area contributed by atoms with Crippen molar-refractivity contribution in [3.05, 3.63) is 47.3 Å². The number of unbranched alkanes of at least 4 members (excludes halogenated alkanes) is 2. The second-order valence-corrected chi connectivity index (χ2v) is 10.3. The predicted octanol–water partition coefficient (Wildman–Crippen LogP) is -1.05. The van der Waals surface area contributed by atoms with E-state index in [1.165, 1.54) is 6.21 Å². The molecule has 0 unspecified atom stereocenters. The number of hydrogen-bond acceptors (Lipinski definition) is 11. The number of rotatable bonds is 13. The Morgan fingerprint density at radius 1 is 1.20 bits per heavy atom.